The first-order chi connectivity index (χ1) is 13.5. The van der Waals surface area contributed by atoms with E-state index in [9.17, 15) is 19.6 Å². The number of fused-ring (bicyclic) bond motifs is 1. The molecular formula is C20H18N4O3S. The molecule has 0 aliphatic carbocycles. The number of amides is 3. The fourth-order valence-corrected chi connectivity index (χ4v) is 4.84. The Morgan fingerprint density at radius 2 is 1.96 bits per heavy atom. The zero-order valence-electron chi connectivity index (χ0n) is 15.3. The summed E-state index contributed by atoms with van der Waals surface area (Å²) in [6, 6.07) is 8.66. The van der Waals surface area contributed by atoms with Crippen molar-refractivity contribution in [3.63, 3.8) is 0 Å². The monoisotopic (exact) mass is 394 g/mol. The van der Waals surface area contributed by atoms with Gasteiger partial charge in [-0.05, 0) is 37.2 Å². The van der Waals surface area contributed by atoms with E-state index in [0.717, 1.165) is 34.9 Å². The van der Waals surface area contributed by atoms with E-state index in [1.807, 2.05) is 7.05 Å². The minimum atomic E-state index is -0.371. The summed E-state index contributed by atoms with van der Waals surface area (Å²) in [4.78, 5) is 41.1. The lowest BCUT2D eigenvalue weighted by Gasteiger charge is -2.21. The van der Waals surface area contributed by atoms with Crippen LogP contribution >= 0.6 is 11.3 Å². The van der Waals surface area contributed by atoms with E-state index in [1.54, 1.807) is 18.2 Å². The fraction of sp³-hybridized carbons (Fsp3) is 0.300. The molecule has 3 heterocycles. The maximum absolute atomic E-state index is 12.8. The maximum atomic E-state index is 12.8. The van der Waals surface area contributed by atoms with Gasteiger partial charge in [0.1, 0.15) is 11.1 Å². The largest absolute Gasteiger partial charge is 0.312 e. The Bertz CT molecular complexity index is 1020. The van der Waals surface area contributed by atoms with Gasteiger partial charge in [-0.3, -0.25) is 19.3 Å². The van der Waals surface area contributed by atoms with Crippen LogP contribution in [0.1, 0.15) is 39.2 Å². The number of benzene rings is 1. The van der Waals surface area contributed by atoms with E-state index >= 15 is 0 Å². The highest BCUT2D eigenvalue weighted by Crippen LogP contribution is 2.36. The third-order valence-electron chi connectivity index (χ3n) is 5.00. The molecule has 2 aliphatic heterocycles. The van der Waals surface area contributed by atoms with Gasteiger partial charge in [-0.1, -0.05) is 6.07 Å². The van der Waals surface area contributed by atoms with Gasteiger partial charge in [0.15, 0.2) is 0 Å². The minimum absolute atomic E-state index is 0.190. The molecule has 8 heteroatoms. The maximum Gasteiger partial charge on any atom is 0.256 e. The molecule has 1 fully saturated rings. The van der Waals surface area contributed by atoms with Gasteiger partial charge >= 0.3 is 0 Å². The molecule has 0 bridgehead atoms. The molecule has 1 saturated heterocycles. The number of thiophene rings is 1. The van der Waals surface area contributed by atoms with Crippen molar-refractivity contribution in [3.05, 3.63) is 45.8 Å². The quantitative estimate of drug-likeness (QED) is 0.808. The predicted molar refractivity (Wildman–Crippen MR) is 105 cm³/mol. The molecule has 7 nitrogen and oxygen atoms in total. The van der Waals surface area contributed by atoms with Crippen molar-refractivity contribution in [2.45, 2.75) is 25.8 Å². The summed E-state index contributed by atoms with van der Waals surface area (Å²) < 4.78 is 0. The zero-order chi connectivity index (χ0) is 19.8. The van der Waals surface area contributed by atoms with Crippen molar-refractivity contribution in [1.82, 2.24) is 4.90 Å². The van der Waals surface area contributed by atoms with E-state index in [4.69, 9.17) is 0 Å². The molecule has 4 rings (SSSR count). The molecule has 0 unspecified atom stereocenters. The number of nitrogens with one attached hydrogen (secondary N) is 1. The lowest BCUT2D eigenvalue weighted by Crippen LogP contribution is -2.28. The van der Waals surface area contributed by atoms with E-state index in [1.165, 1.54) is 17.4 Å². The van der Waals surface area contributed by atoms with Crippen LogP contribution in [0.25, 0.3) is 0 Å². The molecular weight excluding hydrogens is 376 g/mol. The van der Waals surface area contributed by atoms with Crippen LogP contribution in [-0.4, -0.2) is 36.2 Å². The summed E-state index contributed by atoms with van der Waals surface area (Å²) in [7, 11) is 2.03. The Morgan fingerprint density at radius 3 is 2.68 bits per heavy atom. The number of rotatable bonds is 3. The van der Waals surface area contributed by atoms with Crippen molar-refractivity contribution < 1.29 is 14.4 Å². The first-order valence-corrected chi connectivity index (χ1v) is 9.80. The van der Waals surface area contributed by atoms with E-state index in [-0.39, 0.29) is 30.6 Å². The van der Waals surface area contributed by atoms with E-state index in [2.05, 4.69) is 16.3 Å². The number of carbonyl (C=O) groups is 3. The van der Waals surface area contributed by atoms with E-state index < -0.39 is 0 Å². The third-order valence-corrected chi connectivity index (χ3v) is 6.14. The molecule has 1 aromatic carbocycles. The second-order valence-corrected chi connectivity index (χ2v) is 8.04. The first kappa shape index (κ1) is 18.3. The van der Waals surface area contributed by atoms with Gasteiger partial charge in [-0.15, -0.1) is 11.3 Å². The smallest absolute Gasteiger partial charge is 0.256 e. The normalized spacial score (nSPS) is 16.8. The number of nitriles is 1. The van der Waals surface area contributed by atoms with Crippen LogP contribution in [0.5, 0.6) is 0 Å². The summed E-state index contributed by atoms with van der Waals surface area (Å²) in [5.41, 5.74) is 2.27. The Hall–Kier alpha value is -3.02. The van der Waals surface area contributed by atoms with Crippen LogP contribution in [0.2, 0.25) is 0 Å². The van der Waals surface area contributed by atoms with Crippen LogP contribution in [0.4, 0.5) is 10.7 Å². The number of carbonyl (C=O) groups excluding carboxylic acids is 3. The highest BCUT2D eigenvalue weighted by molar-refractivity contribution is 7.16. The van der Waals surface area contributed by atoms with Gasteiger partial charge in [0.2, 0.25) is 11.8 Å². The lowest BCUT2D eigenvalue weighted by atomic mass is 10.0. The molecule has 28 heavy (non-hydrogen) atoms. The van der Waals surface area contributed by atoms with Gasteiger partial charge in [0.25, 0.3) is 5.91 Å². The number of anilines is 2. The molecule has 1 aromatic heterocycles. The van der Waals surface area contributed by atoms with Gasteiger partial charge in [-0.2, -0.15) is 5.26 Å². The second-order valence-electron chi connectivity index (χ2n) is 6.93. The van der Waals surface area contributed by atoms with Crippen molar-refractivity contribution in [2.24, 2.45) is 0 Å². The average molecular weight is 394 g/mol. The third kappa shape index (κ3) is 3.19. The first-order valence-electron chi connectivity index (χ1n) is 8.98. The molecule has 3 amide bonds. The number of hydrogen-bond acceptors (Lipinski definition) is 6. The van der Waals surface area contributed by atoms with Crippen molar-refractivity contribution in [2.75, 3.05) is 23.8 Å². The molecule has 0 spiro atoms. The van der Waals surface area contributed by atoms with Crippen LogP contribution in [-0.2, 0) is 22.6 Å². The van der Waals surface area contributed by atoms with Gasteiger partial charge < -0.3 is 10.2 Å². The van der Waals surface area contributed by atoms with Gasteiger partial charge in [0.05, 0.1) is 11.3 Å². The average Bonchev–Trinajstić information content (AvgIpc) is 3.19. The van der Waals surface area contributed by atoms with Crippen molar-refractivity contribution in [1.29, 1.82) is 5.26 Å². The topological polar surface area (TPSA) is 93.5 Å². The summed E-state index contributed by atoms with van der Waals surface area (Å²) in [6.45, 7) is 1.64. The summed E-state index contributed by atoms with van der Waals surface area (Å²) in [6.07, 6.45) is 1.17. The molecule has 2 aliphatic rings. The van der Waals surface area contributed by atoms with Crippen LogP contribution in [0.15, 0.2) is 24.3 Å². The predicted octanol–water partition coefficient (Wildman–Crippen LogP) is 2.51. The summed E-state index contributed by atoms with van der Waals surface area (Å²) >= 11 is 1.43. The Morgan fingerprint density at radius 1 is 1.21 bits per heavy atom. The number of hydrogen-bond donors (Lipinski definition) is 1. The molecule has 1 N–H and O–H groups in total. The molecule has 0 atom stereocenters. The zero-order valence-corrected chi connectivity index (χ0v) is 16.1. The van der Waals surface area contributed by atoms with E-state index in [0.29, 0.717) is 21.8 Å². The minimum Gasteiger partial charge on any atom is -0.312 e. The van der Waals surface area contributed by atoms with Gasteiger partial charge in [-0.25, -0.2) is 0 Å². The highest BCUT2D eigenvalue weighted by atomic mass is 32.1. The van der Waals surface area contributed by atoms with Crippen molar-refractivity contribution in [3.8, 4) is 6.07 Å². The number of likely N-dealkylation sites (N-methyl/N-ethyl adjacent to an activating group) is 1. The fourth-order valence-electron chi connectivity index (χ4n) is 3.56. The molecule has 2 aromatic rings. The van der Waals surface area contributed by atoms with Crippen LogP contribution in [0, 0.1) is 11.3 Å². The standard InChI is InChI=1S/C20H18N4O3S/c1-23-8-7-14-15(10-21)20(28-16(14)11-23)22-19(27)12-3-2-4-13(9-12)24-17(25)5-6-18(24)26/h2-4,9H,5-8,11H2,1H3,(H,22,27). The van der Waals surface area contributed by atoms with Crippen LogP contribution < -0.4 is 10.2 Å². The number of nitrogens with zero attached hydrogens (tertiary/aromatic N) is 3. The molecule has 0 radical (unpaired) electrons. The summed E-state index contributed by atoms with van der Waals surface area (Å²) in [5, 5.41) is 13.0. The Kier molecular flexibility index (Phi) is 4.71. The van der Waals surface area contributed by atoms with Gasteiger partial charge in [0, 0.05) is 36.4 Å². The molecule has 0 saturated carbocycles. The highest BCUT2D eigenvalue weighted by Gasteiger charge is 2.30. The SMILES string of the molecule is CN1CCc2c(sc(NC(=O)c3cccc(N4C(=O)CCC4=O)c3)c2C#N)C1. The Balaban J connectivity index is 1.60. The lowest BCUT2D eigenvalue weighted by molar-refractivity contribution is -0.121. The number of imide groups is 1. The second kappa shape index (κ2) is 7.19. The van der Waals surface area contributed by atoms with Crippen molar-refractivity contribution >= 4 is 39.7 Å². The van der Waals surface area contributed by atoms with Crippen LogP contribution in [0.3, 0.4) is 0 Å². The summed E-state index contributed by atoms with van der Waals surface area (Å²) in [5.74, 6) is -0.891. The molecule has 142 valence electrons. The Labute approximate surface area is 166 Å².